The zero-order valence-electron chi connectivity index (χ0n) is 19.8. The third kappa shape index (κ3) is 6.51. The van der Waals surface area contributed by atoms with E-state index in [1.54, 1.807) is 38.4 Å². The maximum absolute atomic E-state index is 14.5. The Morgan fingerprint density at radius 2 is 1.94 bits per heavy atom. The van der Waals surface area contributed by atoms with E-state index in [1.807, 2.05) is 38.1 Å². The van der Waals surface area contributed by atoms with E-state index >= 15 is 0 Å². The van der Waals surface area contributed by atoms with Gasteiger partial charge in [0.15, 0.2) is 0 Å². The minimum absolute atomic E-state index is 0.0321. The van der Waals surface area contributed by atoms with Crippen molar-refractivity contribution in [2.24, 2.45) is 0 Å². The van der Waals surface area contributed by atoms with Gasteiger partial charge >= 0.3 is 0 Å². The molecule has 0 N–H and O–H groups in total. The highest BCUT2D eigenvalue weighted by Gasteiger charge is 2.18. The Labute approximate surface area is 192 Å². The molecule has 3 nitrogen and oxygen atoms in total. The summed E-state index contributed by atoms with van der Waals surface area (Å²) in [6.45, 7) is 16.1. The fourth-order valence-corrected chi connectivity index (χ4v) is 3.55. The molecule has 0 amide bonds. The van der Waals surface area contributed by atoms with Gasteiger partial charge in [0.1, 0.15) is 5.82 Å². The Bertz CT molecular complexity index is 1010. The topological polar surface area (TPSA) is 31.4 Å². The summed E-state index contributed by atoms with van der Waals surface area (Å²) in [5, 5.41) is 0. The summed E-state index contributed by atoms with van der Waals surface area (Å²) in [5.74, 6) is 0.713. The summed E-state index contributed by atoms with van der Waals surface area (Å²) in [4.78, 5) is 4.61. The highest BCUT2D eigenvalue weighted by Crippen LogP contribution is 2.35. The van der Waals surface area contributed by atoms with Gasteiger partial charge in [0.05, 0.1) is 31.3 Å². The van der Waals surface area contributed by atoms with Gasteiger partial charge in [-0.05, 0) is 74.1 Å². The number of benzene rings is 1. The summed E-state index contributed by atoms with van der Waals surface area (Å²) in [6, 6.07) is 5.41. The Morgan fingerprint density at radius 3 is 2.59 bits per heavy atom. The molecule has 170 valence electrons. The fourth-order valence-electron chi connectivity index (χ4n) is 3.55. The van der Waals surface area contributed by atoms with Gasteiger partial charge in [-0.2, -0.15) is 0 Å². The first-order chi connectivity index (χ1) is 15.3. The number of hydrogen-bond acceptors (Lipinski definition) is 3. The molecule has 1 aromatic carbocycles. The molecule has 4 heteroatoms. The lowest BCUT2D eigenvalue weighted by Gasteiger charge is -2.18. The molecular formula is C28H34FNO2. The van der Waals surface area contributed by atoms with E-state index < -0.39 is 0 Å². The lowest BCUT2D eigenvalue weighted by atomic mass is 9.88. The lowest BCUT2D eigenvalue weighted by molar-refractivity contribution is 0.118. The summed E-state index contributed by atoms with van der Waals surface area (Å²) in [6.07, 6.45) is 12.1. The van der Waals surface area contributed by atoms with Gasteiger partial charge in [0.25, 0.3) is 0 Å². The van der Waals surface area contributed by atoms with E-state index in [2.05, 4.69) is 31.1 Å². The minimum Gasteiger partial charge on any atom is -0.502 e. The number of hydrogen-bond donors (Lipinski definition) is 0. The molecule has 2 rings (SSSR count). The molecule has 0 fully saturated rings. The third-order valence-corrected chi connectivity index (χ3v) is 5.47. The zero-order chi connectivity index (χ0) is 23.7. The Balaban J connectivity index is 2.24. The average Bonchev–Trinajstić information content (AvgIpc) is 2.79. The predicted molar refractivity (Wildman–Crippen MR) is 133 cm³/mol. The van der Waals surface area contributed by atoms with Crippen molar-refractivity contribution in [3.05, 3.63) is 89.6 Å². The van der Waals surface area contributed by atoms with Crippen molar-refractivity contribution in [1.82, 2.24) is 4.98 Å². The highest BCUT2D eigenvalue weighted by atomic mass is 19.1. The van der Waals surface area contributed by atoms with E-state index in [1.165, 1.54) is 0 Å². The maximum Gasteiger partial charge on any atom is 0.126 e. The van der Waals surface area contributed by atoms with Crippen LogP contribution in [0.15, 0.2) is 61.5 Å². The van der Waals surface area contributed by atoms with Crippen LogP contribution in [-0.4, -0.2) is 24.8 Å². The van der Waals surface area contributed by atoms with Gasteiger partial charge in [-0.15, -0.1) is 0 Å². The standard InChI is InChI=1S/C28H34FNO2/c1-8-23-13-14-30-28(24(23)9-2)26-16-20(4)27(29)18-25(26)19(3)12-10-11-15-32-22(6)17-21(5)31-7/h8-11,13-14,16-19,22H,1-2,12,15H2,3-7H3/b11-10+,21-17-/t19-,22?/m1/s1. The van der Waals surface area contributed by atoms with Gasteiger partial charge in [-0.3, -0.25) is 4.98 Å². The van der Waals surface area contributed by atoms with Crippen molar-refractivity contribution in [2.45, 2.75) is 46.1 Å². The number of pyridine rings is 1. The predicted octanol–water partition coefficient (Wildman–Crippen LogP) is 7.49. The number of halogens is 1. The van der Waals surface area contributed by atoms with Crippen molar-refractivity contribution in [2.75, 3.05) is 13.7 Å². The van der Waals surface area contributed by atoms with Gasteiger partial charge in [-0.1, -0.05) is 44.4 Å². The Morgan fingerprint density at radius 1 is 1.19 bits per heavy atom. The lowest BCUT2D eigenvalue weighted by Crippen LogP contribution is -2.06. The normalized spacial score (nSPS) is 13.8. The monoisotopic (exact) mass is 435 g/mol. The summed E-state index contributed by atoms with van der Waals surface area (Å²) in [5.41, 5.74) is 5.09. The molecule has 32 heavy (non-hydrogen) atoms. The van der Waals surface area contributed by atoms with Crippen LogP contribution in [0.2, 0.25) is 0 Å². The number of allylic oxidation sites excluding steroid dienone is 2. The molecule has 1 unspecified atom stereocenters. The molecule has 2 aromatic rings. The van der Waals surface area contributed by atoms with Gasteiger partial charge in [0.2, 0.25) is 0 Å². The fraction of sp³-hybridized carbons (Fsp3) is 0.321. The molecule has 0 aliphatic rings. The maximum atomic E-state index is 14.5. The van der Waals surface area contributed by atoms with E-state index in [0.717, 1.165) is 40.1 Å². The molecule has 0 spiro atoms. The van der Waals surface area contributed by atoms with Crippen LogP contribution in [0.4, 0.5) is 4.39 Å². The Hall–Kier alpha value is -2.98. The van der Waals surface area contributed by atoms with Crippen LogP contribution < -0.4 is 0 Å². The average molecular weight is 436 g/mol. The first-order valence-electron chi connectivity index (χ1n) is 10.9. The molecule has 0 aliphatic carbocycles. The molecule has 0 aliphatic heterocycles. The summed E-state index contributed by atoms with van der Waals surface area (Å²) in [7, 11) is 1.64. The molecule has 0 bridgehead atoms. The van der Waals surface area contributed by atoms with Crippen LogP contribution in [0.1, 0.15) is 55.4 Å². The quantitative estimate of drug-likeness (QED) is 0.271. The molecule has 0 radical (unpaired) electrons. The smallest absolute Gasteiger partial charge is 0.126 e. The van der Waals surface area contributed by atoms with Crippen molar-refractivity contribution in [3.8, 4) is 11.3 Å². The van der Waals surface area contributed by atoms with Crippen LogP contribution in [-0.2, 0) is 9.47 Å². The van der Waals surface area contributed by atoms with E-state index in [4.69, 9.17) is 9.47 Å². The second kappa shape index (κ2) is 12.2. The summed E-state index contributed by atoms with van der Waals surface area (Å²) < 4.78 is 25.4. The van der Waals surface area contributed by atoms with Crippen LogP contribution >= 0.6 is 0 Å². The van der Waals surface area contributed by atoms with Crippen molar-refractivity contribution >= 4 is 12.2 Å². The van der Waals surface area contributed by atoms with E-state index in [-0.39, 0.29) is 17.8 Å². The zero-order valence-corrected chi connectivity index (χ0v) is 19.8. The summed E-state index contributed by atoms with van der Waals surface area (Å²) >= 11 is 0. The molecule has 2 atom stereocenters. The van der Waals surface area contributed by atoms with Crippen molar-refractivity contribution in [1.29, 1.82) is 0 Å². The number of aryl methyl sites for hydroxylation is 1. The highest BCUT2D eigenvalue weighted by molar-refractivity contribution is 5.79. The van der Waals surface area contributed by atoms with Crippen LogP contribution in [0.25, 0.3) is 23.4 Å². The van der Waals surface area contributed by atoms with Crippen LogP contribution in [0, 0.1) is 12.7 Å². The van der Waals surface area contributed by atoms with Gasteiger partial charge in [-0.25, -0.2) is 4.39 Å². The molecule has 0 saturated carbocycles. The Kier molecular flexibility index (Phi) is 9.61. The van der Waals surface area contributed by atoms with Crippen molar-refractivity contribution < 1.29 is 13.9 Å². The number of aromatic nitrogens is 1. The van der Waals surface area contributed by atoms with Gasteiger partial charge in [0, 0.05) is 17.3 Å². The molecule has 1 heterocycles. The van der Waals surface area contributed by atoms with Crippen molar-refractivity contribution in [3.63, 3.8) is 0 Å². The first-order valence-corrected chi connectivity index (χ1v) is 10.9. The number of rotatable bonds is 11. The first kappa shape index (κ1) is 25.3. The number of methoxy groups -OCH3 is 1. The third-order valence-electron chi connectivity index (χ3n) is 5.47. The molecule has 0 saturated heterocycles. The SMILES string of the molecule is C=Cc1ccnc(-c2cc(C)c(F)cc2[C@H](C)C/C=C/COC(C)/C=C(/C)OC)c1C=C. The second-order valence-electron chi connectivity index (χ2n) is 7.89. The minimum atomic E-state index is -0.211. The molecular weight excluding hydrogens is 401 g/mol. The van der Waals surface area contributed by atoms with Gasteiger partial charge < -0.3 is 9.47 Å². The second-order valence-corrected chi connectivity index (χ2v) is 7.89. The van der Waals surface area contributed by atoms with Crippen LogP contribution in [0.5, 0.6) is 0 Å². The van der Waals surface area contributed by atoms with Crippen LogP contribution in [0.3, 0.4) is 0 Å². The van der Waals surface area contributed by atoms with E-state index in [9.17, 15) is 4.39 Å². The largest absolute Gasteiger partial charge is 0.502 e. The molecule has 1 aromatic heterocycles. The number of ether oxygens (including phenoxy) is 2. The van der Waals surface area contributed by atoms with E-state index in [0.29, 0.717) is 12.2 Å². The number of nitrogens with zero attached hydrogens (tertiary/aromatic N) is 1.